The molecular formula is C18H18N2. The maximum Gasteiger partial charge on any atom is 0.0537 e. The van der Waals surface area contributed by atoms with Crippen LogP contribution in [-0.4, -0.2) is 16.5 Å². The van der Waals surface area contributed by atoms with Crippen LogP contribution in [-0.2, 0) is 20.1 Å². The number of hydrogen-bond acceptors (Lipinski definition) is 1. The topological polar surface area (TPSA) is 8.17 Å². The van der Waals surface area contributed by atoms with Crippen molar-refractivity contribution in [3.63, 3.8) is 0 Å². The number of rotatable bonds is 0. The average molecular weight is 262 g/mol. The van der Waals surface area contributed by atoms with Crippen LogP contribution in [0.1, 0.15) is 11.1 Å². The summed E-state index contributed by atoms with van der Waals surface area (Å²) in [4.78, 5) is 2.40. The minimum Gasteiger partial charge on any atom is -0.343 e. The molecule has 2 heterocycles. The Morgan fingerprint density at radius 3 is 2.50 bits per heavy atom. The van der Waals surface area contributed by atoms with E-state index in [4.69, 9.17) is 0 Å². The van der Waals surface area contributed by atoms with Crippen molar-refractivity contribution in [2.75, 3.05) is 7.05 Å². The number of benzene rings is 2. The zero-order chi connectivity index (χ0) is 13.7. The number of nitrogens with zero attached hydrogens (tertiary/aromatic N) is 2. The highest BCUT2D eigenvalue weighted by Crippen LogP contribution is 2.37. The highest BCUT2D eigenvalue weighted by atomic mass is 15.1. The van der Waals surface area contributed by atoms with Crippen LogP contribution in [0.4, 0.5) is 0 Å². The van der Waals surface area contributed by atoms with Crippen LogP contribution < -0.4 is 0 Å². The normalized spacial score (nSPS) is 14.9. The molecule has 2 aromatic carbocycles. The van der Waals surface area contributed by atoms with E-state index < -0.39 is 0 Å². The standard InChI is InChI=1S/C18H18N2/c1-19-11-13-7-3-4-8-14(13)18-16(12-19)15-9-5-6-10-17(15)20(18)2/h3-10H,11-12H2,1-2H3. The molecule has 3 aromatic rings. The molecule has 0 aliphatic carbocycles. The number of aromatic nitrogens is 1. The van der Waals surface area contributed by atoms with Crippen LogP contribution >= 0.6 is 0 Å². The van der Waals surface area contributed by atoms with E-state index in [1.165, 1.54) is 33.3 Å². The third kappa shape index (κ3) is 1.55. The zero-order valence-corrected chi connectivity index (χ0v) is 11.9. The molecule has 0 saturated carbocycles. The minimum absolute atomic E-state index is 1.01. The van der Waals surface area contributed by atoms with Gasteiger partial charge < -0.3 is 4.57 Å². The number of para-hydroxylation sites is 1. The van der Waals surface area contributed by atoms with Gasteiger partial charge in [0.2, 0.25) is 0 Å². The fourth-order valence-electron chi connectivity index (χ4n) is 3.48. The molecule has 20 heavy (non-hydrogen) atoms. The van der Waals surface area contributed by atoms with Gasteiger partial charge in [0.25, 0.3) is 0 Å². The first-order valence-electron chi connectivity index (χ1n) is 7.09. The van der Waals surface area contributed by atoms with Gasteiger partial charge in [0.15, 0.2) is 0 Å². The monoisotopic (exact) mass is 262 g/mol. The Hall–Kier alpha value is -2.06. The van der Waals surface area contributed by atoms with Crippen molar-refractivity contribution < 1.29 is 0 Å². The second kappa shape index (κ2) is 4.22. The first-order valence-corrected chi connectivity index (χ1v) is 7.09. The molecule has 2 heteroatoms. The van der Waals surface area contributed by atoms with Crippen LogP contribution in [0.3, 0.4) is 0 Å². The molecule has 0 radical (unpaired) electrons. The second-order valence-corrected chi connectivity index (χ2v) is 5.73. The van der Waals surface area contributed by atoms with Gasteiger partial charge in [-0.15, -0.1) is 0 Å². The average Bonchev–Trinajstić information content (AvgIpc) is 2.64. The summed E-state index contributed by atoms with van der Waals surface area (Å²) in [7, 11) is 4.39. The predicted molar refractivity (Wildman–Crippen MR) is 83.5 cm³/mol. The molecule has 0 unspecified atom stereocenters. The van der Waals surface area contributed by atoms with Crippen molar-refractivity contribution in [1.29, 1.82) is 0 Å². The van der Waals surface area contributed by atoms with Gasteiger partial charge in [-0.3, -0.25) is 4.90 Å². The van der Waals surface area contributed by atoms with Gasteiger partial charge >= 0.3 is 0 Å². The lowest BCUT2D eigenvalue weighted by molar-refractivity contribution is 0.324. The molecule has 2 nitrogen and oxygen atoms in total. The number of hydrogen-bond donors (Lipinski definition) is 0. The van der Waals surface area contributed by atoms with Gasteiger partial charge in [0.1, 0.15) is 0 Å². The Morgan fingerprint density at radius 2 is 1.60 bits per heavy atom. The van der Waals surface area contributed by atoms with Crippen molar-refractivity contribution in [3.05, 3.63) is 59.7 Å². The molecule has 0 saturated heterocycles. The van der Waals surface area contributed by atoms with Crippen molar-refractivity contribution in [3.8, 4) is 11.3 Å². The summed E-state index contributed by atoms with van der Waals surface area (Å²) in [6, 6.07) is 17.5. The van der Waals surface area contributed by atoms with E-state index in [1.54, 1.807) is 0 Å². The van der Waals surface area contributed by atoms with Crippen molar-refractivity contribution in [2.24, 2.45) is 7.05 Å². The lowest BCUT2D eigenvalue weighted by atomic mass is 10.0. The van der Waals surface area contributed by atoms with Gasteiger partial charge in [-0.25, -0.2) is 0 Å². The molecule has 0 amide bonds. The van der Waals surface area contributed by atoms with Gasteiger partial charge in [-0.05, 0) is 24.2 Å². The zero-order valence-electron chi connectivity index (χ0n) is 11.9. The molecule has 0 bridgehead atoms. The molecule has 1 aromatic heterocycles. The van der Waals surface area contributed by atoms with Crippen LogP contribution in [0.15, 0.2) is 48.5 Å². The summed E-state index contributed by atoms with van der Waals surface area (Å²) in [6.07, 6.45) is 0. The predicted octanol–water partition coefficient (Wildman–Crippen LogP) is 3.79. The highest BCUT2D eigenvalue weighted by Gasteiger charge is 2.22. The lowest BCUT2D eigenvalue weighted by Gasteiger charge is -2.14. The Morgan fingerprint density at radius 1 is 0.850 bits per heavy atom. The summed E-state index contributed by atoms with van der Waals surface area (Å²) < 4.78 is 2.35. The summed E-state index contributed by atoms with van der Waals surface area (Å²) in [6.45, 7) is 2.02. The molecule has 0 fully saturated rings. The fraction of sp³-hybridized carbons (Fsp3) is 0.222. The fourth-order valence-corrected chi connectivity index (χ4v) is 3.48. The molecule has 0 spiro atoms. The number of aryl methyl sites for hydroxylation is 1. The SMILES string of the molecule is CN1Cc2ccccc2-c2c(c3ccccc3n2C)C1. The van der Waals surface area contributed by atoms with E-state index in [9.17, 15) is 0 Å². The molecule has 0 atom stereocenters. The summed E-state index contributed by atoms with van der Waals surface area (Å²) in [5.41, 5.74) is 6.95. The van der Waals surface area contributed by atoms with E-state index >= 15 is 0 Å². The molecule has 4 rings (SSSR count). The van der Waals surface area contributed by atoms with Crippen LogP contribution in [0.25, 0.3) is 22.2 Å². The van der Waals surface area contributed by atoms with E-state index in [-0.39, 0.29) is 0 Å². The number of fused-ring (bicyclic) bond motifs is 5. The lowest BCUT2D eigenvalue weighted by Crippen LogP contribution is -2.15. The largest absolute Gasteiger partial charge is 0.343 e. The molecule has 1 aliphatic rings. The van der Waals surface area contributed by atoms with Gasteiger partial charge in [0.05, 0.1) is 5.69 Å². The minimum atomic E-state index is 1.01. The van der Waals surface area contributed by atoms with E-state index in [0.717, 1.165) is 13.1 Å². The first kappa shape index (κ1) is 11.7. The smallest absolute Gasteiger partial charge is 0.0537 e. The molecular weight excluding hydrogens is 244 g/mol. The quantitative estimate of drug-likeness (QED) is 0.598. The summed E-state index contributed by atoms with van der Waals surface area (Å²) in [5.74, 6) is 0. The molecule has 100 valence electrons. The Labute approximate surface area is 119 Å². The van der Waals surface area contributed by atoms with Gasteiger partial charge in [-0.2, -0.15) is 0 Å². The molecule has 1 aliphatic heterocycles. The van der Waals surface area contributed by atoms with Crippen molar-refractivity contribution in [1.82, 2.24) is 9.47 Å². The van der Waals surface area contributed by atoms with Crippen molar-refractivity contribution in [2.45, 2.75) is 13.1 Å². The van der Waals surface area contributed by atoms with E-state index in [1.807, 2.05) is 0 Å². The van der Waals surface area contributed by atoms with E-state index in [2.05, 4.69) is 72.1 Å². The van der Waals surface area contributed by atoms with Crippen molar-refractivity contribution >= 4 is 10.9 Å². The van der Waals surface area contributed by atoms with Crippen LogP contribution in [0, 0.1) is 0 Å². The van der Waals surface area contributed by atoms with Crippen LogP contribution in [0.5, 0.6) is 0 Å². The first-order chi connectivity index (χ1) is 9.75. The maximum atomic E-state index is 2.40. The summed E-state index contributed by atoms with van der Waals surface area (Å²) >= 11 is 0. The van der Waals surface area contributed by atoms with Gasteiger partial charge in [0, 0.05) is 36.6 Å². The highest BCUT2D eigenvalue weighted by molar-refractivity contribution is 5.92. The second-order valence-electron chi connectivity index (χ2n) is 5.73. The van der Waals surface area contributed by atoms with Gasteiger partial charge in [-0.1, -0.05) is 42.5 Å². The Kier molecular flexibility index (Phi) is 2.48. The third-order valence-corrected chi connectivity index (χ3v) is 4.35. The Balaban J connectivity index is 2.14. The van der Waals surface area contributed by atoms with E-state index in [0.29, 0.717) is 0 Å². The maximum absolute atomic E-state index is 2.40. The Bertz CT molecular complexity index is 798. The molecule has 0 N–H and O–H groups in total. The van der Waals surface area contributed by atoms with Crippen LogP contribution in [0.2, 0.25) is 0 Å². The summed E-state index contributed by atoms with van der Waals surface area (Å²) in [5, 5.41) is 1.38. The third-order valence-electron chi connectivity index (χ3n) is 4.35.